The number of nitrogens with zero attached hydrogens (tertiary/aromatic N) is 4. The van der Waals surface area contributed by atoms with Crippen molar-refractivity contribution in [3.8, 4) is 5.75 Å². The SMILES string of the molecule is O=C(C1CCC(C[18F])CC1)N(CCN1CCN(c2ccccc2O)CC1)c1ccccn1. The Morgan fingerprint density at radius 3 is 2.41 bits per heavy atom. The molecule has 1 N–H and O–H groups in total. The van der Waals surface area contributed by atoms with E-state index in [9.17, 15) is 14.3 Å². The third-order valence-electron chi connectivity index (χ3n) is 6.84. The first-order valence-electron chi connectivity index (χ1n) is 11.7. The highest BCUT2D eigenvalue weighted by Gasteiger charge is 2.31. The van der Waals surface area contributed by atoms with Crippen LogP contribution in [0.3, 0.4) is 0 Å². The van der Waals surface area contributed by atoms with Crippen molar-refractivity contribution in [1.29, 1.82) is 0 Å². The predicted octanol–water partition coefficient (Wildman–Crippen LogP) is 3.72. The number of halogens is 1. The molecule has 1 aliphatic heterocycles. The van der Waals surface area contributed by atoms with Crippen LogP contribution in [-0.2, 0) is 4.79 Å². The largest absolute Gasteiger partial charge is 0.506 e. The number of pyridine rings is 1. The second kappa shape index (κ2) is 10.8. The van der Waals surface area contributed by atoms with Crippen molar-refractivity contribution < 1.29 is 14.3 Å². The number of phenols is 1. The lowest BCUT2D eigenvalue weighted by molar-refractivity contribution is -0.123. The van der Waals surface area contributed by atoms with Crippen LogP contribution in [0.25, 0.3) is 0 Å². The molecule has 1 aliphatic carbocycles. The summed E-state index contributed by atoms with van der Waals surface area (Å²) in [6, 6.07) is 13.1. The highest BCUT2D eigenvalue weighted by Crippen LogP contribution is 2.31. The molecule has 0 atom stereocenters. The monoisotopic (exact) mass is 439 g/mol. The summed E-state index contributed by atoms with van der Waals surface area (Å²) in [5.74, 6) is 1.20. The maximum absolute atomic E-state index is 13.4. The Morgan fingerprint density at radius 1 is 1.03 bits per heavy atom. The minimum Gasteiger partial charge on any atom is -0.506 e. The van der Waals surface area contributed by atoms with Gasteiger partial charge >= 0.3 is 0 Å². The van der Waals surface area contributed by atoms with Crippen LogP contribution in [0, 0.1) is 11.8 Å². The summed E-state index contributed by atoms with van der Waals surface area (Å²) in [6.07, 6.45) is 4.82. The first-order valence-corrected chi connectivity index (χ1v) is 11.7. The van der Waals surface area contributed by atoms with E-state index >= 15 is 0 Å². The molecule has 1 aromatic heterocycles. The lowest BCUT2D eigenvalue weighted by Crippen LogP contribution is -2.50. The molecule has 0 spiro atoms. The fourth-order valence-electron chi connectivity index (χ4n) is 4.82. The summed E-state index contributed by atoms with van der Waals surface area (Å²) in [4.78, 5) is 24.2. The van der Waals surface area contributed by atoms with Gasteiger partial charge in [-0.2, -0.15) is 0 Å². The van der Waals surface area contributed by atoms with Gasteiger partial charge in [0.2, 0.25) is 5.91 Å². The van der Waals surface area contributed by atoms with Gasteiger partial charge in [-0.05, 0) is 55.9 Å². The molecule has 4 rings (SSSR count). The second-order valence-electron chi connectivity index (χ2n) is 8.87. The molecule has 2 fully saturated rings. The standard InChI is InChI=1S/C25H33FN4O2/c26-19-20-8-10-21(11-9-20)25(32)30(24-7-3-4-12-27-24)18-15-28-13-16-29(17-14-28)22-5-1-2-6-23(22)31/h1-7,12,20-21,31H,8-11,13-19H2/i26-1. The Hall–Kier alpha value is -2.67. The molecule has 32 heavy (non-hydrogen) atoms. The number of phenolic OH excluding ortho intramolecular Hbond substituents is 1. The number of aromatic hydroxyl groups is 1. The average Bonchev–Trinajstić information content (AvgIpc) is 2.85. The molecule has 1 saturated carbocycles. The number of amides is 1. The molecular weight excluding hydrogens is 406 g/mol. The smallest absolute Gasteiger partial charge is 0.231 e. The number of carbonyl (C=O) groups excluding carboxylic acids is 1. The third-order valence-corrected chi connectivity index (χ3v) is 6.84. The number of aromatic nitrogens is 1. The summed E-state index contributed by atoms with van der Waals surface area (Å²) in [6.45, 7) is 4.51. The van der Waals surface area contributed by atoms with E-state index in [4.69, 9.17) is 0 Å². The van der Waals surface area contributed by atoms with Gasteiger partial charge in [-0.25, -0.2) is 4.98 Å². The van der Waals surface area contributed by atoms with Crippen molar-refractivity contribution in [3.05, 3.63) is 48.7 Å². The molecule has 0 radical (unpaired) electrons. The molecular formula is C25H33FN4O2. The third kappa shape index (κ3) is 5.38. The topological polar surface area (TPSA) is 59.9 Å². The minimum atomic E-state index is -0.280. The number of para-hydroxylation sites is 2. The van der Waals surface area contributed by atoms with Crippen molar-refractivity contribution in [3.63, 3.8) is 0 Å². The van der Waals surface area contributed by atoms with Crippen LogP contribution in [-0.4, -0.2) is 66.8 Å². The molecule has 172 valence electrons. The van der Waals surface area contributed by atoms with Crippen LogP contribution >= 0.6 is 0 Å². The Balaban J connectivity index is 1.35. The van der Waals surface area contributed by atoms with Gasteiger partial charge in [-0.3, -0.25) is 19.0 Å². The van der Waals surface area contributed by atoms with E-state index < -0.39 is 0 Å². The number of anilines is 2. The number of hydrogen-bond acceptors (Lipinski definition) is 5. The fourth-order valence-corrected chi connectivity index (χ4v) is 4.82. The van der Waals surface area contributed by atoms with Crippen LogP contribution in [0.1, 0.15) is 25.7 Å². The van der Waals surface area contributed by atoms with Gasteiger partial charge in [-0.15, -0.1) is 0 Å². The van der Waals surface area contributed by atoms with Crippen LogP contribution in [0.2, 0.25) is 0 Å². The van der Waals surface area contributed by atoms with Crippen molar-refractivity contribution >= 4 is 17.4 Å². The molecule has 1 aromatic carbocycles. The molecule has 0 bridgehead atoms. The maximum atomic E-state index is 13.4. The van der Waals surface area contributed by atoms with Crippen LogP contribution in [0.5, 0.6) is 5.75 Å². The first kappa shape index (κ1) is 22.5. The van der Waals surface area contributed by atoms with E-state index in [2.05, 4.69) is 14.8 Å². The van der Waals surface area contributed by atoms with E-state index in [1.165, 1.54) is 0 Å². The molecule has 1 saturated heterocycles. The molecule has 2 aromatic rings. The van der Waals surface area contributed by atoms with Crippen LogP contribution in [0.15, 0.2) is 48.7 Å². The highest BCUT2D eigenvalue weighted by molar-refractivity contribution is 5.94. The molecule has 7 heteroatoms. The van der Waals surface area contributed by atoms with Crippen LogP contribution in [0.4, 0.5) is 15.9 Å². The maximum Gasteiger partial charge on any atom is 0.231 e. The molecule has 2 aliphatic rings. The Bertz CT molecular complexity index is 865. The second-order valence-corrected chi connectivity index (χ2v) is 8.87. The van der Waals surface area contributed by atoms with E-state index in [0.717, 1.165) is 64.1 Å². The Labute approximate surface area is 189 Å². The van der Waals surface area contributed by atoms with Gasteiger partial charge in [-0.1, -0.05) is 18.2 Å². The number of carbonyl (C=O) groups is 1. The minimum absolute atomic E-state index is 0.0438. The number of piperazine rings is 1. The molecule has 0 unspecified atom stereocenters. The quantitative estimate of drug-likeness (QED) is 0.713. The normalized spacial score (nSPS) is 22.0. The molecule has 1 amide bonds. The summed E-state index contributed by atoms with van der Waals surface area (Å²) in [7, 11) is 0. The summed E-state index contributed by atoms with van der Waals surface area (Å²) >= 11 is 0. The van der Waals surface area contributed by atoms with Gasteiger partial charge < -0.3 is 10.0 Å². The molecule has 6 nitrogen and oxygen atoms in total. The van der Waals surface area contributed by atoms with Gasteiger partial charge in [0.05, 0.1) is 12.4 Å². The van der Waals surface area contributed by atoms with E-state index in [1.54, 1.807) is 12.3 Å². The zero-order valence-corrected chi connectivity index (χ0v) is 18.6. The number of rotatable bonds is 7. The summed E-state index contributed by atoms with van der Waals surface area (Å²) < 4.78 is 13.0. The van der Waals surface area contributed by atoms with Crippen molar-refractivity contribution in [2.45, 2.75) is 25.7 Å². The Morgan fingerprint density at radius 2 is 1.75 bits per heavy atom. The Kier molecular flexibility index (Phi) is 7.58. The van der Waals surface area contributed by atoms with Gasteiger partial charge in [0.15, 0.2) is 0 Å². The van der Waals surface area contributed by atoms with Gasteiger partial charge in [0.1, 0.15) is 11.6 Å². The van der Waals surface area contributed by atoms with E-state index in [0.29, 0.717) is 18.1 Å². The lowest BCUT2D eigenvalue weighted by Gasteiger charge is -2.37. The highest BCUT2D eigenvalue weighted by atomic mass is 18.2. The lowest BCUT2D eigenvalue weighted by atomic mass is 9.82. The van der Waals surface area contributed by atoms with Crippen molar-refractivity contribution in [2.24, 2.45) is 11.8 Å². The van der Waals surface area contributed by atoms with Gasteiger partial charge in [0.25, 0.3) is 0 Å². The van der Waals surface area contributed by atoms with E-state index in [-0.39, 0.29) is 24.4 Å². The van der Waals surface area contributed by atoms with Crippen molar-refractivity contribution in [1.82, 2.24) is 9.88 Å². The van der Waals surface area contributed by atoms with Gasteiger partial charge in [0, 0.05) is 51.4 Å². The fraction of sp³-hybridized carbons (Fsp3) is 0.520. The van der Waals surface area contributed by atoms with Crippen LogP contribution < -0.4 is 9.80 Å². The zero-order chi connectivity index (χ0) is 22.3. The summed E-state index contributed by atoms with van der Waals surface area (Å²) in [5.41, 5.74) is 0.876. The van der Waals surface area contributed by atoms with E-state index in [1.807, 2.05) is 41.3 Å². The summed E-state index contributed by atoms with van der Waals surface area (Å²) in [5, 5.41) is 10.1. The van der Waals surface area contributed by atoms with Crippen molar-refractivity contribution in [2.75, 3.05) is 55.7 Å². The number of alkyl halides is 1. The molecule has 2 heterocycles. The zero-order valence-electron chi connectivity index (χ0n) is 18.6. The number of benzene rings is 1. The predicted molar refractivity (Wildman–Crippen MR) is 125 cm³/mol. The number of hydrogen-bond donors (Lipinski definition) is 1. The first-order chi connectivity index (χ1) is 15.7. The average molecular weight is 440 g/mol.